The largest absolute Gasteiger partial charge is 0.573 e. The van der Waals surface area contributed by atoms with E-state index in [1.165, 1.54) is 12.8 Å². The molecule has 0 bridgehead atoms. The molecule has 0 amide bonds. The maximum Gasteiger partial charge on any atom is 0.573 e. The third-order valence-corrected chi connectivity index (χ3v) is 6.07. The fourth-order valence-corrected chi connectivity index (χ4v) is 4.35. The molecule has 1 nitrogen and oxygen atoms in total. The lowest BCUT2D eigenvalue weighted by Crippen LogP contribution is -2.20. The number of aryl methyl sites for hydroxylation is 3. The van der Waals surface area contributed by atoms with Crippen LogP contribution < -0.4 is 4.74 Å². The Morgan fingerprint density at radius 3 is 2.45 bits per heavy atom. The number of ether oxygens (including phenoxy) is 1. The summed E-state index contributed by atoms with van der Waals surface area (Å²) in [4.78, 5) is 0. The van der Waals surface area contributed by atoms with Crippen LogP contribution in [0.2, 0.25) is 0 Å². The summed E-state index contributed by atoms with van der Waals surface area (Å²) in [5.41, 5.74) is 3.11. The van der Waals surface area contributed by atoms with Crippen LogP contribution in [0.1, 0.15) is 67.7 Å². The van der Waals surface area contributed by atoms with Crippen LogP contribution in [0.5, 0.6) is 5.75 Å². The van der Waals surface area contributed by atoms with E-state index in [0.29, 0.717) is 36.0 Å². The van der Waals surface area contributed by atoms with Crippen LogP contribution >= 0.6 is 0 Å². The van der Waals surface area contributed by atoms with Crippen molar-refractivity contribution in [1.29, 1.82) is 0 Å². The number of hydrogen-bond donors (Lipinski definition) is 0. The first-order valence-corrected chi connectivity index (χ1v) is 11.1. The number of hydrogen-bond acceptors (Lipinski definition) is 1. The second kappa shape index (κ2) is 10.5. The molecule has 0 saturated carbocycles. The number of alkyl halides is 3. The predicted molar refractivity (Wildman–Crippen MR) is 111 cm³/mol. The van der Waals surface area contributed by atoms with Gasteiger partial charge in [0.1, 0.15) is 5.82 Å². The molecule has 1 aliphatic carbocycles. The first kappa shape index (κ1) is 23.6. The summed E-state index contributed by atoms with van der Waals surface area (Å²) in [6, 6.07) is 7.80. The quantitative estimate of drug-likeness (QED) is 0.286. The lowest BCUT2D eigenvalue weighted by Gasteiger charge is -2.25. The van der Waals surface area contributed by atoms with Gasteiger partial charge in [-0.05, 0) is 91.3 Å². The minimum Gasteiger partial charge on any atom is -0.403 e. The van der Waals surface area contributed by atoms with Gasteiger partial charge in [-0.1, -0.05) is 38.3 Å². The molecule has 170 valence electrons. The number of unbranched alkanes of at least 4 members (excludes halogenated alkanes) is 3. The zero-order valence-corrected chi connectivity index (χ0v) is 17.8. The number of rotatable bonds is 9. The highest BCUT2D eigenvalue weighted by Crippen LogP contribution is 2.34. The fraction of sp³-hybridized carbons (Fsp3) is 0.520. The van der Waals surface area contributed by atoms with Crippen molar-refractivity contribution in [3.05, 3.63) is 64.2 Å². The van der Waals surface area contributed by atoms with E-state index < -0.39 is 17.9 Å². The van der Waals surface area contributed by atoms with Gasteiger partial charge in [0.05, 0.1) is 0 Å². The summed E-state index contributed by atoms with van der Waals surface area (Å²) >= 11 is 0. The molecule has 0 aromatic heterocycles. The van der Waals surface area contributed by atoms with Crippen LogP contribution in [0.15, 0.2) is 30.3 Å². The van der Waals surface area contributed by atoms with Gasteiger partial charge >= 0.3 is 6.36 Å². The van der Waals surface area contributed by atoms with Crippen molar-refractivity contribution in [3.63, 3.8) is 0 Å². The minimum atomic E-state index is -4.92. The van der Waals surface area contributed by atoms with Crippen molar-refractivity contribution in [3.8, 4) is 5.75 Å². The minimum absolute atomic E-state index is 0.177. The van der Waals surface area contributed by atoms with E-state index in [1.807, 2.05) is 12.1 Å². The maximum absolute atomic E-state index is 14.5. The van der Waals surface area contributed by atoms with Gasteiger partial charge in [-0.2, -0.15) is 0 Å². The molecule has 0 saturated heterocycles. The molecular weight excluding hydrogens is 411 g/mol. The van der Waals surface area contributed by atoms with E-state index in [0.717, 1.165) is 49.8 Å². The highest BCUT2D eigenvalue weighted by Gasteiger charge is 2.33. The fourth-order valence-electron chi connectivity index (χ4n) is 4.35. The van der Waals surface area contributed by atoms with E-state index in [4.69, 9.17) is 0 Å². The normalized spacial score (nSPS) is 16.3. The maximum atomic E-state index is 14.5. The molecular formula is C25H29F5O. The molecule has 2 aromatic carbocycles. The van der Waals surface area contributed by atoms with E-state index >= 15 is 0 Å². The summed E-state index contributed by atoms with van der Waals surface area (Å²) < 4.78 is 69.5. The Bertz CT molecular complexity index is 875. The van der Waals surface area contributed by atoms with E-state index in [9.17, 15) is 22.0 Å². The van der Waals surface area contributed by atoms with Crippen molar-refractivity contribution in [1.82, 2.24) is 0 Å². The molecule has 0 aliphatic heterocycles. The van der Waals surface area contributed by atoms with E-state index in [-0.39, 0.29) is 11.7 Å². The predicted octanol–water partition coefficient (Wildman–Crippen LogP) is 7.72. The summed E-state index contributed by atoms with van der Waals surface area (Å²) in [6.07, 6.45) is 3.86. The molecule has 1 aliphatic rings. The van der Waals surface area contributed by atoms with Gasteiger partial charge < -0.3 is 4.74 Å². The Balaban J connectivity index is 1.55. The summed E-state index contributed by atoms with van der Waals surface area (Å²) in [5, 5.41) is 0. The van der Waals surface area contributed by atoms with Crippen LogP contribution in [-0.2, 0) is 25.7 Å². The Morgan fingerprint density at radius 2 is 1.74 bits per heavy atom. The van der Waals surface area contributed by atoms with Crippen LogP contribution in [-0.4, -0.2) is 6.36 Å². The van der Waals surface area contributed by atoms with Crippen LogP contribution in [0.25, 0.3) is 0 Å². The third-order valence-electron chi connectivity index (χ3n) is 6.07. The van der Waals surface area contributed by atoms with Crippen LogP contribution in [0, 0.1) is 17.6 Å². The van der Waals surface area contributed by atoms with Gasteiger partial charge in [0.15, 0.2) is 11.6 Å². The Morgan fingerprint density at radius 1 is 0.935 bits per heavy atom. The van der Waals surface area contributed by atoms with Gasteiger partial charge in [0.2, 0.25) is 0 Å². The first-order valence-electron chi connectivity index (χ1n) is 11.1. The average Bonchev–Trinajstić information content (AvgIpc) is 2.70. The second-order valence-electron chi connectivity index (χ2n) is 8.48. The molecule has 0 heterocycles. The summed E-state index contributed by atoms with van der Waals surface area (Å²) in [5.74, 6) is -1.71. The van der Waals surface area contributed by atoms with Gasteiger partial charge in [0.25, 0.3) is 0 Å². The van der Waals surface area contributed by atoms with Crippen LogP contribution in [0.3, 0.4) is 0 Å². The monoisotopic (exact) mass is 440 g/mol. The third kappa shape index (κ3) is 6.94. The molecule has 31 heavy (non-hydrogen) atoms. The second-order valence-corrected chi connectivity index (χ2v) is 8.48. The number of fused-ring (bicyclic) bond motifs is 1. The Kier molecular flexibility index (Phi) is 7.95. The molecule has 1 unspecified atom stereocenters. The standard InChI is InChI=1S/C25H29F5O/c1-2-3-4-5-6-17-7-10-19(22(26)14-17)11-8-18-9-12-20-16-24(31-25(28,29)30)23(27)15-21(20)13-18/h7,10,14-16,18H,2-6,8-9,11-13H2,1H3. The molecule has 0 radical (unpaired) electrons. The summed E-state index contributed by atoms with van der Waals surface area (Å²) in [7, 11) is 0. The number of benzene rings is 2. The van der Waals surface area contributed by atoms with Gasteiger partial charge in [-0.25, -0.2) is 8.78 Å². The zero-order valence-electron chi connectivity index (χ0n) is 17.8. The molecule has 0 spiro atoms. The lowest BCUT2D eigenvalue weighted by molar-refractivity contribution is -0.275. The van der Waals surface area contributed by atoms with E-state index in [2.05, 4.69) is 11.7 Å². The molecule has 2 aromatic rings. The van der Waals surface area contributed by atoms with Crippen molar-refractivity contribution in [2.24, 2.45) is 5.92 Å². The molecule has 0 fully saturated rings. The Labute approximate surface area is 180 Å². The van der Waals surface area contributed by atoms with Crippen molar-refractivity contribution < 1.29 is 26.7 Å². The SMILES string of the molecule is CCCCCCc1ccc(CCC2CCc3cc(OC(F)(F)F)c(F)cc3C2)c(F)c1. The first-order chi connectivity index (χ1) is 14.7. The van der Waals surface area contributed by atoms with Crippen molar-refractivity contribution >= 4 is 0 Å². The molecule has 6 heteroatoms. The van der Waals surface area contributed by atoms with Gasteiger partial charge in [0, 0.05) is 0 Å². The number of halogens is 5. The van der Waals surface area contributed by atoms with Gasteiger partial charge in [-0.3, -0.25) is 0 Å². The van der Waals surface area contributed by atoms with Crippen molar-refractivity contribution in [2.75, 3.05) is 0 Å². The topological polar surface area (TPSA) is 9.23 Å². The molecule has 1 atom stereocenters. The lowest BCUT2D eigenvalue weighted by atomic mass is 9.81. The van der Waals surface area contributed by atoms with Crippen LogP contribution in [0.4, 0.5) is 22.0 Å². The van der Waals surface area contributed by atoms with Crippen molar-refractivity contribution in [2.45, 2.75) is 77.5 Å². The highest BCUT2D eigenvalue weighted by molar-refractivity contribution is 5.39. The van der Waals surface area contributed by atoms with E-state index in [1.54, 1.807) is 6.07 Å². The van der Waals surface area contributed by atoms with Gasteiger partial charge in [-0.15, -0.1) is 13.2 Å². The smallest absolute Gasteiger partial charge is 0.403 e. The molecule has 0 N–H and O–H groups in total. The molecule has 3 rings (SSSR count). The zero-order chi connectivity index (χ0) is 22.4. The average molecular weight is 440 g/mol. The Hall–Kier alpha value is -2.11. The summed E-state index contributed by atoms with van der Waals surface area (Å²) in [6.45, 7) is 2.16. The highest BCUT2D eigenvalue weighted by atomic mass is 19.4.